The lowest BCUT2D eigenvalue weighted by molar-refractivity contribution is -0.140. The molecule has 1 aromatic carbocycles. The molecule has 1 rings (SSSR count). The number of nitrogens with one attached hydrogen (secondary N) is 2. The van der Waals surface area contributed by atoms with E-state index in [1.54, 1.807) is 19.3 Å². The lowest BCUT2D eigenvalue weighted by atomic mass is 9.91. The SMILES string of the molecule is COC(=O)C(=NNC(N)=O)C(C(=O)C=C(C)C)C(=O)C(=O)Nc1ccc(Cl)c(Cl)c1. The number of Topliss-reactive ketones (excluding diaryl/α,β-unsaturated/α-hetero) is 1. The molecule has 1 unspecified atom stereocenters. The first kappa shape index (κ1) is 24.8. The molecule has 30 heavy (non-hydrogen) atoms. The standard InChI is InChI=1S/C18H18Cl2N4O6/c1-8(2)6-12(25)13(14(17(28)30-3)23-24-18(21)29)15(26)16(27)22-9-4-5-10(19)11(20)7-9/h4-7,13H,1-3H3,(H,22,27)(H3,21,24,29). The molecule has 1 atom stereocenters. The number of nitrogens with two attached hydrogens (primary N) is 1. The highest BCUT2D eigenvalue weighted by atomic mass is 35.5. The molecule has 0 aliphatic rings. The van der Waals surface area contributed by atoms with Crippen molar-refractivity contribution in [2.75, 3.05) is 12.4 Å². The predicted octanol–water partition coefficient (Wildman–Crippen LogP) is 1.85. The molecule has 0 aromatic heterocycles. The van der Waals surface area contributed by atoms with E-state index in [4.69, 9.17) is 28.9 Å². The minimum Gasteiger partial charge on any atom is -0.464 e. The summed E-state index contributed by atoms with van der Waals surface area (Å²) in [7, 11) is 0.963. The normalized spacial score (nSPS) is 11.7. The Labute approximate surface area is 181 Å². The minimum absolute atomic E-state index is 0.113. The third kappa shape index (κ3) is 6.98. The molecule has 0 aliphatic heterocycles. The van der Waals surface area contributed by atoms with Gasteiger partial charge in [0.05, 0.1) is 17.2 Å². The van der Waals surface area contributed by atoms with Crippen molar-refractivity contribution in [2.24, 2.45) is 16.8 Å². The number of esters is 1. The number of amides is 3. The third-order valence-corrected chi connectivity index (χ3v) is 4.07. The van der Waals surface area contributed by atoms with E-state index in [1.807, 2.05) is 0 Å². The fourth-order valence-corrected chi connectivity index (χ4v) is 2.40. The average Bonchev–Trinajstić information content (AvgIpc) is 2.65. The van der Waals surface area contributed by atoms with E-state index in [0.29, 0.717) is 5.57 Å². The second-order valence-corrected chi connectivity index (χ2v) is 6.78. The summed E-state index contributed by atoms with van der Waals surface area (Å²) in [4.78, 5) is 60.9. The summed E-state index contributed by atoms with van der Waals surface area (Å²) in [5.74, 6) is -6.73. The van der Waals surface area contributed by atoms with E-state index in [0.717, 1.165) is 13.2 Å². The van der Waals surface area contributed by atoms with Crippen LogP contribution in [0.3, 0.4) is 0 Å². The number of carbonyl (C=O) groups excluding carboxylic acids is 5. The fraction of sp³-hybridized carbons (Fsp3) is 0.222. The van der Waals surface area contributed by atoms with Gasteiger partial charge in [0.25, 0.3) is 5.91 Å². The van der Waals surface area contributed by atoms with Gasteiger partial charge in [-0.05, 0) is 38.1 Å². The molecule has 0 heterocycles. The number of hydrogen-bond acceptors (Lipinski definition) is 7. The molecule has 4 N–H and O–H groups in total. The van der Waals surface area contributed by atoms with Gasteiger partial charge in [-0.2, -0.15) is 5.10 Å². The van der Waals surface area contributed by atoms with Crippen LogP contribution in [0.15, 0.2) is 34.9 Å². The van der Waals surface area contributed by atoms with Crippen molar-refractivity contribution >= 4 is 64.1 Å². The Morgan fingerprint density at radius 3 is 2.27 bits per heavy atom. The zero-order valence-corrected chi connectivity index (χ0v) is 17.6. The minimum atomic E-state index is -2.00. The Balaban J connectivity index is 3.37. The van der Waals surface area contributed by atoms with E-state index in [9.17, 15) is 24.0 Å². The summed E-state index contributed by atoms with van der Waals surface area (Å²) in [6.45, 7) is 3.12. The number of urea groups is 1. The number of primary amides is 1. The van der Waals surface area contributed by atoms with E-state index < -0.39 is 41.1 Å². The molecule has 0 saturated carbocycles. The summed E-state index contributed by atoms with van der Waals surface area (Å²) in [5, 5.41) is 5.97. The number of hydrogen-bond donors (Lipinski definition) is 3. The number of nitrogens with zero attached hydrogens (tertiary/aromatic N) is 1. The van der Waals surface area contributed by atoms with Crippen LogP contribution < -0.4 is 16.5 Å². The number of ether oxygens (including phenoxy) is 1. The number of carbonyl (C=O) groups is 5. The molecule has 0 spiro atoms. The number of anilines is 1. The van der Waals surface area contributed by atoms with Crippen molar-refractivity contribution < 1.29 is 28.7 Å². The first-order chi connectivity index (χ1) is 14.0. The van der Waals surface area contributed by atoms with Gasteiger partial charge in [0.15, 0.2) is 11.5 Å². The Hall–Kier alpha value is -3.24. The van der Waals surface area contributed by atoms with E-state index in [2.05, 4.69) is 15.2 Å². The molecule has 0 saturated heterocycles. The summed E-state index contributed by atoms with van der Waals surface area (Å²) < 4.78 is 4.51. The van der Waals surface area contributed by atoms with Crippen LogP contribution in [0.5, 0.6) is 0 Å². The van der Waals surface area contributed by atoms with Crippen LogP contribution in [0.2, 0.25) is 10.0 Å². The van der Waals surface area contributed by atoms with Gasteiger partial charge in [-0.25, -0.2) is 15.0 Å². The molecule has 160 valence electrons. The van der Waals surface area contributed by atoms with Gasteiger partial charge in [-0.3, -0.25) is 14.4 Å². The lowest BCUT2D eigenvalue weighted by Crippen LogP contribution is -2.43. The van der Waals surface area contributed by atoms with Crippen LogP contribution in [-0.2, 0) is 23.9 Å². The smallest absolute Gasteiger partial charge is 0.355 e. The highest BCUT2D eigenvalue weighted by Crippen LogP contribution is 2.25. The van der Waals surface area contributed by atoms with Gasteiger partial charge in [0.2, 0.25) is 5.78 Å². The monoisotopic (exact) mass is 456 g/mol. The number of methoxy groups -OCH3 is 1. The molecule has 0 bridgehead atoms. The van der Waals surface area contributed by atoms with Crippen LogP contribution in [-0.4, -0.2) is 42.3 Å². The summed E-state index contributed by atoms with van der Waals surface area (Å²) in [6, 6.07) is 2.87. The largest absolute Gasteiger partial charge is 0.464 e. The Morgan fingerprint density at radius 1 is 1.13 bits per heavy atom. The first-order valence-corrected chi connectivity index (χ1v) is 8.93. The molecule has 10 nitrogen and oxygen atoms in total. The zero-order valence-electron chi connectivity index (χ0n) is 16.1. The molecule has 12 heteroatoms. The topological polar surface area (TPSA) is 157 Å². The Kier molecular flexibility index (Phi) is 9.16. The van der Waals surface area contributed by atoms with E-state index in [-0.39, 0.29) is 15.7 Å². The highest BCUT2D eigenvalue weighted by Gasteiger charge is 2.39. The maximum atomic E-state index is 12.8. The van der Waals surface area contributed by atoms with Crippen LogP contribution in [0.25, 0.3) is 0 Å². The van der Waals surface area contributed by atoms with Crippen LogP contribution in [0, 0.1) is 5.92 Å². The molecule has 1 aromatic rings. The maximum absolute atomic E-state index is 12.8. The summed E-state index contributed by atoms with van der Waals surface area (Å²) >= 11 is 11.7. The maximum Gasteiger partial charge on any atom is 0.355 e. The first-order valence-electron chi connectivity index (χ1n) is 8.18. The van der Waals surface area contributed by atoms with Crippen molar-refractivity contribution in [3.05, 3.63) is 39.9 Å². The quantitative estimate of drug-likeness (QED) is 0.135. The lowest BCUT2D eigenvalue weighted by Gasteiger charge is -2.14. The summed E-state index contributed by atoms with van der Waals surface area (Å²) in [5.41, 5.74) is 6.42. The molecular formula is C18H18Cl2N4O6. The van der Waals surface area contributed by atoms with Gasteiger partial charge in [-0.15, -0.1) is 0 Å². The van der Waals surface area contributed by atoms with Crippen molar-refractivity contribution in [3.63, 3.8) is 0 Å². The number of allylic oxidation sites excluding steroid dienone is 2. The van der Waals surface area contributed by atoms with Crippen LogP contribution in [0.4, 0.5) is 10.5 Å². The second-order valence-electron chi connectivity index (χ2n) is 5.97. The van der Waals surface area contributed by atoms with Crippen LogP contribution >= 0.6 is 23.2 Å². The van der Waals surface area contributed by atoms with Crippen molar-refractivity contribution in [2.45, 2.75) is 13.8 Å². The predicted molar refractivity (Wildman–Crippen MR) is 110 cm³/mol. The van der Waals surface area contributed by atoms with Crippen molar-refractivity contribution in [3.8, 4) is 0 Å². The van der Waals surface area contributed by atoms with Crippen LogP contribution in [0.1, 0.15) is 13.8 Å². The van der Waals surface area contributed by atoms with E-state index >= 15 is 0 Å². The van der Waals surface area contributed by atoms with Crippen molar-refractivity contribution in [1.82, 2.24) is 5.43 Å². The number of halogens is 2. The van der Waals surface area contributed by atoms with E-state index in [1.165, 1.54) is 18.2 Å². The summed E-state index contributed by atoms with van der Waals surface area (Å²) in [6.07, 6.45) is 1.04. The molecule has 0 aliphatic carbocycles. The van der Waals surface area contributed by atoms with Gasteiger partial charge >= 0.3 is 12.0 Å². The average molecular weight is 457 g/mol. The highest BCUT2D eigenvalue weighted by molar-refractivity contribution is 6.56. The van der Waals surface area contributed by atoms with Gasteiger partial charge in [-0.1, -0.05) is 28.8 Å². The second kappa shape index (κ2) is 11.1. The fourth-order valence-electron chi connectivity index (χ4n) is 2.10. The van der Waals surface area contributed by atoms with Gasteiger partial charge in [0, 0.05) is 5.69 Å². The van der Waals surface area contributed by atoms with Gasteiger partial charge < -0.3 is 15.8 Å². The number of benzene rings is 1. The number of ketones is 2. The van der Waals surface area contributed by atoms with Gasteiger partial charge in [0.1, 0.15) is 5.92 Å². The zero-order chi connectivity index (χ0) is 23.0. The molecule has 0 fully saturated rings. The molecule has 3 amide bonds. The van der Waals surface area contributed by atoms with Crippen molar-refractivity contribution in [1.29, 1.82) is 0 Å². The Bertz CT molecular complexity index is 954. The number of hydrazone groups is 1. The third-order valence-electron chi connectivity index (χ3n) is 3.33. The molecular weight excluding hydrogens is 439 g/mol. The molecule has 0 radical (unpaired) electrons. The number of rotatable bonds is 8. The Morgan fingerprint density at radius 2 is 1.77 bits per heavy atom.